The number of carbonyl (C=O) groups is 1. The predicted octanol–water partition coefficient (Wildman–Crippen LogP) is 3.15. The van der Waals surface area contributed by atoms with Crippen LogP contribution in [0.3, 0.4) is 0 Å². The van der Waals surface area contributed by atoms with Gasteiger partial charge in [0.15, 0.2) is 0 Å². The van der Waals surface area contributed by atoms with Crippen LogP contribution in [0.4, 0.5) is 0 Å². The highest BCUT2D eigenvalue weighted by molar-refractivity contribution is 5.85. The summed E-state index contributed by atoms with van der Waals surface area (Å²) in [6.45, 7) is 1.98. The SMILES string of the molecule is CN1CCC(C(=O)Cc2ncc3ccc(-c4cccnc4)cc3n2)CC1. The van der Waals surface area contributed by atoms with Gasteiger partial charge in [-0.1, -0.05) is 18.2 Å². The Kier molecular flexibility index (Phi) is 4.71. The summed E-state index contributed by atoms with van der Waals surface area (Å²) in [6, 6.07) is 10.1. The van der Waals surface area contributed by atoms with Gasteiger partial charge in [-0.2, -0.15) is 0 Å². The molecular weight excluding hydrogens is 324 g/mol. The fourth-order valence-electron chi connectivity index (χ4n) is 3.49. The van der Waals surface area contributed by atoms with Crippen molar-refractivity contribution in [3.05, 3.63) is 54.7 Å². The number of benzene rings is 1. The maximum atomic E-state index is 12.6. The van der Waals surface area contributed by atoms with E-state index in [0.29, 0.717) is 12.2 Å². The minimum atomic E-state index is 0.146. The molecule has 0 atom stereocenters. The second kappa shape index (κ2) is 7.30. The van der Waals surface area contributed by atoms with Crippen molar-refractivity contribution < 1.29 is 4.79 Å². The molecule has 0 unspecified atom stereocenters. The summed E-state index contributed by atoms with van der Waals surface area (Å²) >= 11 is 0. The van der Waals surface area contributed by atoms with E-state index in [1.165, 1.54) is 0 Å². The van der Waals surface area contributed by atoms with E-state index in [1.54, 1.807) is 6.20 Å². The van der Waals surface area contributed by atoms with Crippen molar-refractivity contribution in [2.45, 2.75) is 19.3 Å². The second-order valence-corrected chi connectivity index (χ2v) is 7.02. The molecule has 1 aliphatic heterocycles. The molecule has 0 amide bonds. The lowest BCUT2D eigenvalue weighted by atomic mass is 9.91. The molecule has 0 spiro atoms. The fraction of sp³-hybridized carbons (Fsp3) is 0.333. The molecule has 0 aliphatic carbocycles. The van der Waals surface area contributed by atoms with Gasteiger partial charge in [-0.05, 0) is 50.7 Å². The summed E-state index contributed by atoms with van der Waals surface area (Å²) in [6.07, 6.45) is 7.61. The van der Waals surface area contributed by atoms with Gasteiger partial charge in [0.25, 0.3) is 0 Å². The maximum Gasteiger partial charge on any atom is 0.143 e. The first-order chi connectivity index (χ1) is 12.7. The van der Waals surface area contributed by atoms with Gasteiger partial charge in [-0.25, -0.2) is 9.97 Å². The van der Waals surface area contributed by atoms with Crippen LogP contribution in [-0.4, -0.2) is 45.8 Å². The number of carbonyl (C=O) groups excluding carboxylic acids is 1. The number of nitrogens with zero attached hydrogens (tertiary/aromatic N) is 4. The van der Waals surface area contributed by atoms with Gasteiger partial charge in [0.2, 0.25) is 0 Å². The van der Waals surface area contributed by atoms with Crippen LogP contribution in [0, 0.1) is 5.92 Å². The van der Waals surface area contributed by atoms with Gasteiger partial charge < -0.3 is 4.90 Å². The van der Waals surface area contributed by atoms with Gasteiger partial charge in [0.1, 0.15) is 11.6 Å². The number of likely N-dealkylation sites (tertiary alicyclic amines) is 1. The van der Waals surface area contributed by atoms with Crippen molar-refractivity contribution in [1.29, 1.82) is 0 Å². The van der Waals surface area contributed by atoms with Crippen molar-refractivity contribution in [3.63, 3.8) is 0 Å². The van der Waals surface area contributed by atoms with E-state index in [4.69, 9.17) is 0 Å². The Hall–Kier alpha value is -2.66. The van der Waals surface area contributed by atoms with Crippen LogP contribution in [0.1, 0.15) is 18.7 Å². The van der Waals surface area contributed by atoms with Gasteiger partial charge in [-0.15, -0.1) is 0 Å². The molecule has 0 N–H and O–H groups in total. The lowest BCUT2D eigenvalue weighted by Crippen LogP contribution is -2.34. The molecule has 1 aliphatic rings. The topological polar surface area (TPSA) is 59.0 Å². The van der Waals surface area contributed by atoms with Gasteiger partial charge >= 0.3 is 0 Å². The van der Waals surface area contributed by atoms with E-state index in [2.05, 4.69) is 26.9 Å². The van der Waals surface area contributed by atoms with E-state index >= 15 is 0 Å². The quantitative estimate of drug-likeness (QED) is 0.726. The van der Waals surface area contributed by atoms with E-state index in [-0.39, 0.29) is 11.7 Å². The van der Waals surface area contributed by atoms with Crippen LogP contribution in [-0.2, 0) is 11.2 Å². The Morgan fingerprint density at radius 1 is 1.15 bits per heavy atom. The molecule has 0 saturated carbocycles. The summed E-state index contributed by atoms with van der Waals surface area (Å²) in [4.78, 5) is 28.1. The summed E-state index contributed by atoms with van der Waals surface area (Å²) < 4.78 is 0. The number of hydrogen-bond acceptors (Lipinski definition) is 5. The molecule has 5 heteroatoms. The van der Waals surface area contributed by atoms with Crippen molar-refractivity contribution >= 4 is 16.7 Å². The zero-order valence-corrected chi connectivity index (χ0v) is 14.9. The standard InChI is InChI=1S/C21H22N4O/c1-25-9-6-15(7-10-25)20(26)12-21-23-14-18-5-4-16(11-19(18)24-21)17-3-2-8-22-13-17/h2-5,8,11,13-15H,6-7,9-10,12H2,1H3. The number of fused-ring (bicyclic) bond motifs is 1. The summed E-state index contributed by atoms with van der Waals surface area (Å²) in [5.41, 5.74) is 2.99. The Bertz CT molecular complexity index is 918. The number of ketones is 1. The molecule has 1 saturated heterocycles. The fourth-order valence-corrected chi connectivity index (χ4v) is 3.49. The molecular formula is C21H22N4O. The van der Waals surface area contributed by atoms with Crippen molar-refractivity contribution in [2.24, 2.45) is 5.92 Å². The van der Waals surface area contributed by atoms with Gasteiger partial charge in [-0.3, -0.25) is 9.78 Å². The van der Waals surface area contributed by atoms with Crippen molar-refractivity contribution in [3.8, 4) is 11.1 Å². The Morgan fingerprint density at radius 2 is 2.00 bits per heavy atom. The van der Waals surface area contributed by atoms with E-state index in [0.717, 1.165) is 48.0 Å². The van der Waals surface area contributed by atoms with Crippen LogP contribution in [0.2, 0.25) is 0 Å². The Balaban J connectivity index is 1.55. The maximum absolute atomic E-state index is 12.6. The molecule has 5 nitrogen and oxygen atoms in total. The lowest BCUT2D eigenvalue weighted by Gasteiger charge is -2.27. The molecule has 1 fully saturated rings. The molecule has 3 heterocycles. The Labute approximate surface area is 153 Å². The number of hydrogen-bond donors (Lipinski definition) is 0. The molecule has 1 aromatic carbocycles. The first kappa shape index (κ1) is 16.8. The molecule has 26 heavy (non-hydrogen) atoms. The van der Waals surface area contributed by atoms with Crippen LogP contribution >= 0.6 is 0 Å². The van der Waals surface area contributed by atoms with Crippen LogP contribution in [0.15, 0.2) is 48.9 Å². The highest BCUT2D eigenvalue weighted by Crippen LogP contribution is 2.23. The zero-order valence-electron chi connectivity index (χ0n) is 14.9. The van der Waals surface area contributed by atoms with Crippen LogP contribution < -0.4 is 0 Å². The van der Waals surface area contributed by atoms with E-state index < -0.39 is 0 Å². The number of piperidine rings is 1. The molecule has 0 radical (unpaired) electrons. The summed E-state index contributed by atoms with van der Waals surface area (Å²) in [7, 11) is 2.10. The third-order valence-electron chi connectivity index (χ3n) is 5.13. The minimum Gasteiger partial charge on any atom is -0.306 e. The molecule has 3 aromatic rings. The highest BCUT2D eigenvalue weighted by atomic mass is 16.1. The summed E-state index contributed by atoms with van der Waals surface area (Å²) in [5, 5.41) is 0.980. The lowest BCUT2D eigenvalue weighted by molar-refractivity contribution is -0.123. The number of aromatic nitrogens is 3. The minimum absolute atomic E-state index is 0.146. The van der Waals surface area contributed by atoms with E-state index in [9.17, 15) is 4.79 Å². The normalized spacial score (nSPS) is 16.0. The third-order valence-corrected chi connectivity index (χ3v) is 5.13. The van der Waals surface area contributed by atoms with Gasteiger partial charge in [0, 0.05) is 35.5 Å². The van der Waals surface area contributed by atoms with Crippen LogP contribution in [0.5, 0.6) is 0 Å². The molecule has 2 aromatic heterocycles. The Morgan fingerprint density at radius 3 is 2.77 bits per heavy atom. The van der Waals surface area contributed by atoms with Gasteiger partial charge in [0.05, 0.1) is 11.9 Å². The number of rotatable bonds is 4. The molecule has 0 bridgehead atoms. The largest absolute Gasteiger partial charge is 0.306 e. The molecule has 4 rings (SSSR count). The van der Waals surface area contributed by atoms with E-state index in [1.807, 2.05) is 42.7 Å². The van der Waals surface area contributed by atoms with Crippen molar-refractivity contribution in [1.82, 2.24) is 19.9 Å². The smallest absolute Gasteiger partial charge is 0.143 e. The zero-order chi connectivity index (χ0) is 17.9. The first-order valence-corrected chi connectivity index (χ1v) is 9.06. The summed E-state index contributed by atoms with van der Waals surface area (Å²) in [5.74, 6) is 1.03. The highest BCUT2D eigenvalue weighted by Gasteiger charge is 2.24. The number of pyridine rings is 1. The average Bonchev–Trinajstić information content (AvgIpc) is 2.68. The number of Topliss-reactive ketones (excluding diaryl/α,β-unsaturated/α-hetero) is 1. The third kappa shape index (κ3) is 3.63. The first-order valence-electron chi connectivity index (χ1n) is 9.06. The average molecular weight is 346 g/mol. The van der Waals surface area contributed by atoms with Crippen molar-refractivity contribution in [2.75, 3.05) is 20.1 Å². The van der Waals surface area contributed by atoms with Crippen LogP contribution in [0.25, 0.3) is 22.0 Å². The second-order valence-electron chi connectivity index (χ2n) is 7.02. The molecule has 132 valence electrons. The monoisotopic (exact) mass is 346 g/mol. The predicted molar refractivity (Wildman–Crippen MR) is 102 cm³/mol.